The quantitative estimate of drug-likeness (QED) is 0.154. The standard InChI is InChI=1S/C27H23ClIN3O5/c1-15-3-7-17(8-4-15)26(33)35-13-21-20(37-27(34)18-9-5-16(2)6-10-18)11-22(36-21)32-12-19(29)23-24(28)30-14-31-25(23)32/h3-10,12,14,20-22H,11,13H2,1-2H3/t20?,21-,22?/m1/s1. The van der Waals surface area contributed by atoms with Crippen LogP contribution >= 0.6 is 34.2 Å². The third kappa shape index (κ3) is 5.48. The van der Waals surface area contributed by atoms with E-state index in [2.05, 4.69) is 32.6 Å². The van der Waals surface area contributed by atoms with Crippen molar-refractivity contribution in [1.29, 1.82) is 0 Å². The maximum Gasteiger partial charge on any atom is 0.338 e. The van der Waals surface area contributed by atoms with E-state index in [-0.39, 0.29) is 6.61 Å². The number of nitrogens with zero attached hydrogens (tertiary/aromatic N) is 3. The number of ether oxygens (including phenoxy) is 3. The van der Waals surface area contributed by atoms with Gasteiger partial charge in [0.1, 0.15) is 42.2 Å². The van der Waals surface area contributed by atoms with E-state index < -0.39 is 30.4 Å². The van der Waals surface area contributed by atoms with Crippen LogP contribution < -0.4 is 0 Å². The molecule has 1 saturated heterocycles. The predicted molar refractivity (Wildman–Crippen MR) is 146 cm³/mol. The van der Waals surface area contributed by atoms with Crippen LogP contribution in [0, 0.1) is 17.4 Å². The minimum atomic E-state index is -0.679. The monoisotopic (exact) mass is 631 g/mol. The maximum absolute atomic E-state index is 12.9. The number of rotatable bonds is 6. The number of aromatic nitrogens is 3. The lowest BCUT2D eigenvalue weighted by molar-refractivity contribution is -0.0562. The summed E-state index contributed by atoms with van der Waals surface area (Å²) in [5.74, 6) is -0.947. The van der Waals surface area contributed by atoms with Gasteiger partial charge in [-0.3, -0.25) is 0 Å². The minimum absolute atomic E-state index is 0.0823. The molecule has 37 heavy (non-hydrogen) atoms. The summed E-state index contributed by atoms with van der Waals surface area (Å²) in [5.41, 5.74) is 3.56. The zero-order valence-electron chi connectivity index (χ0n) is 20.1. The number of hydrogen-bond donors (Lipinski definition) is 0. The van der Waals surface area contributed by atoms with Crippen LogP contribution in [-0.4, -0.2) is 45.3 Å². The molecule has 4 aromatic rings. The number of aryl methyl sites for hydroxylation is 2. The van der Waals surface area contributed by atoms with Crippen LogP contribution in [0.5, 0.6) is 0 Å². The van der Waals surface area contributed by atoms with E-state index in [0.717, 1.165) is 20.1 Å². The molecule has 2 aromatic heterocycles. The first kappa shape index (κ1) is 25.6. The molecule has 1 fully saturated rings. The average Bonchev–Trinajstić information content (AvgIpc) is 3.44. The summed E-state index contributed by atoms with van der Waals surface area (Å²) in [5, 5.41) is 1.06. The second kappa shape index (κ2) is 10.8. The van der Waals surface area contributed by atoms with Crippen LogP contribution in [0.25, 0.3) is 11.0 Å². The molecule has 0 saturated carbocycles. The summed E-state index contributed by atoms with van der Waals surface area (Å²) in [6.07, 6.45) is 1.75. The molecule has 3 atom stereocenters. The highest BCUT2D eigenvalue weighted by atomic mass is 127. The Hall–Kier alpha value is -3.02. The Morgan fingerprint density at radius 3 is 2.30 bits per heavy atom. The molecule has 0 amide bonds. The number of benzene rings is 2. The second-order valence-electron chi connectivity index (χ2n) is 8.89. The van der Waals surface area contributed by atoms with Crippen LogP contribution in [-0.2, 0) is 14.2 Å². The molecule has 0 bridgehead atoms. The highest BCUT2D eigenvalue weighted by Crippen LogP contribution is 2.36. The van der Waals surface area contributed by atoms with Crippen LogP contribution in [0.15, 0.2) is 61.1 Å². The predicted octanol–water partition coefficient (Wildman–Crippen LogP) is 5.68. The van der Waals surface area contributed by atoms with Crippen molar-refractivity contribution in [2.75, 3.05) is 6.61 Å². The Morgan fingerprint density at radius 2 is 1.65 bits per heavy atom. The van der Waals surface area contributed by atoms with Crippen molar-refractivity contribution in [3.05, 3.63) is 92.0 Å². The summed E-state index contributed by atoms with van der Waals surface area (Å²) in [4.78, 5) is 34.0. The molecule has 0 radical (unpaired) electrons. The first-order valence-corrected chi connectivity index (χ1v) is 13.1. The highest BCUT2D eigenvalue weighted by Gasteiger charge is 2.40. The van der Waals surface area contributed by atoms with Crippen molar-refractivity contribution in [3.63, 3.8) is 0 Å². The Kier molecular flexibility index (Phi) is 7.45. The number of esters is 2. The number of carbonyl (C=O) groups excluding carboxylic acids is 2. The lowest BCUT2D eigenvalue weighted by Gasteiger charge is -2.19. The van der Waals surface area contributed by atoms with Gasteiger partial charge in [-0.25, -0.2) is 19.6 Å². The molecule has 190 valence electrons. The molecule has 3 heterocycles. The lowest BCUT2D eigenvalue weighted by atomic mass is 10.1. The second-order valence-corrected chi connectivity index (χ2v) is 10.4. The maximum atomic E-state index is 12.9. The van der Waals surface area contributed by atoms with Crippen molar-refractivity contribution in [1.82, 2.24) is 14.5 Å². The molecule has 0 N–H and O–H groups in total. The Morgan fingerprint density at radius 1 is 1.03 bits per heavy atom. The Bertz CT molecular complexity index is 1460. The van der Waals surface area contributed by atoms with E-state index in [1.807, 2.05) is 48.9 Å². The fraction of sp³-hybridized carbons (Fsp3) is 0.259. The third-order valence-electron chi connectivity index (χ3n) is 6.22. The van der Waals surface area contributed by atoms with Gasteiger partial charge in [-0.15, -0.1) is 0 Å². The van der Waals surface area contributed by atoms with Gasteiger partial charge in [0, 0.05) is 16.2 Å². The van der Waals surface area contributed by atoms with Crippen molar-refractivity contribution in [2.45, 2.75) is 38.7 Å². The molecule has 2 unspecified atom stereocenters. The molecule has 0 aliphatic carbocycles. The molecule has 5 rings (SSSR count). The molecular formula is C27H23ClIN3O5. The topological polar surface area (TPSA) is 92.5 Å². The molecule has 8 nitrogen and oxygen atoms in total. The summed E-state index contributed by atoms with van der Waals surface area (Å²) < 4.78 is 20.4. The molecular weight excluding hydrogens is 609 g/mol. The van der Waals surface area contributed by atoms with Crippen molar-refractivity contribution in [3.8, 4) is 0 Å². The third-order valence-corrected chi connectivity index (χ3v) is 7.32. The van der Waals surface area contributed by atoms with Gasteiger partial charge >= 0.3 is 11.9 Å². The fourth-order valence-corrected chi connectivity index (χ4v) is 5.38. The average molecular weight is 632 g/mol. The molecule has 1 aliphatic rings. The van der Waals surface area contributed by atoms with Gasteiger partial charge in [-0.1, -0.05) is 47.0 Å². The molecule has 1 aliphatic heterocycles. The largest absolute Gasteiger partial charge is 0.459 e. The van der Waals surface area contributed by atoms with Crippen LogP contribution in [0.2, 0.25) is 5.15 Å². The smallest absolute Gasteiger partial charge is 0.338 e. The number of hydrogen-bond acceptors (Lipinski definition) is 7. The fourth-order valence-electron chi connectivity index (χ4n) is 4.20. The number of carbonyl (C=O) groups is 2. The van der Waals surface area contributed by atoms with Crippen LogP contribution in [0.1, 0.15) is 44.5 Å². The molecule has 2 aromatic carbocycles. The van der Waals surface area contributed by atoms with E-state index >= 15 is 0 Å². The molecule has 10 heteroatoms. The normalized spacial score (nSPS) is 19.2. The first-order chi connectivity index (χ1) is 17.8. The summed E-state index contributed by atoms with van der Waals surface area (Å²) >= 11 is 8.47. The SMILES string of the molecule is Cc1ccc(C(=O)OC[C@H]2OC(n3cc(I)c4c(Cl)ncnc43)CC2OC(=O)c2ccc(C)cc2)cc1. The van der Waals surface area contributed by atoms with E-state index in [0.29, 0.717) is 28.3 Å². The number of fused-ring (bicyclic) bond motifs is 1. The van der Waals surface area contributed by atoms with Gasteiger partial charge in [0.2, 0.25) is 0 Å². The van der Waals surface area contributed by atoms with E-state index in [4.69, 9.17) is 25.8 Å². The van der Waals surface area contributed by atoms with Gasteiger partial charge in [0.25, 0.3) is 0 Å². The zero-order valence-corrected chi connectivity index (χ0v) is 23.0. The zero-order chi connectivity index (χ0) is 26.1. The van der Waals surface area contributed by atoms with Crippen molar-refractivity contribution < 1.29 is 23.8 Å². The summed E-state index contributed by atoms with van der Waals surface area (Å²) in [7, 11) is 0. The van der Waals surface area contributed by atoms with Crippen molar-refractivity contribution >= 4 is 57.2 Å². The van der Waals surface area contributed by atoms with Gasteiger partial charge in [-0.05, 0) is 60.7 Å². The van der Waals surface area contributed by atoms with Gasteiger partial charge in [0.05, 0.1) is 16.5 Å². The van der Waals surface area contributed by atoms with Gasteiger partial charge in [0.15, 0.2) is 0 Å². The number of halogens is 2. The van der Waals surface area contributed by atoms with Crippen LogP contribution in [0.4, 0.5) is 0 Å². The highest BCUT2D eigenvalue weighted by molar-refractivity contribution is 14.1. The first-order valence-electron chi connectivity index (χ1n) is 11.6. The summed E-state index contributed by atoms with van der Waals surface area (Å²) in [6.45, 7) is 3.81. The molecule has 0 spiro atoms. The summed E-state index contributed by atoms with van der Waals surface area (Å²) in [6, 6.07) is 14.2. The van der Waals surface area contributed by atoms with E-state index in [9.17, 15) is 9.59 Å². The Balaban J connectivity index is 1.38. The van der Waals surface area contributed by atoms with E-state index in [1.54, 1.807) is 24.3 Å². The van der Waals surface area contributed by atoms with Gasteiger partial charge in [-0.2, -0.15) is 0 Å². The van der Waals surface area contributed by atoms with Crippen molar-refractivity contribution in [2.24, 2.45) is 0 Å². The van der Waals surface area contributed by atoms with E-state index in [1.165, 1.54) is 6.33 Å². The lowest BCUT2D eigenvalue weighted by Crippen LogP contribution is -2.32. The van der Waals surface area contributed by atoms with Crippen LogP contribution in [0.3, 0.4) is 0 Å². The van der Waals surface area contributed by atoms with Gasteiger partial charge < -0.3 is 18.8 Å². The Labute approximate surface area is 232 Å². The minimum Gasteiger partial charge on any atom is -0.459 e.